The predicted molar refractivity (Wildman–Crippen MR) is 82.1 cm³/mol. The molecule has 0 fully saturated rings. The summed E-state index contributed by atoms with van der Waals surface area (Å²) >= 11 is 7.40. The molecule has 2 nitrogen and oxygen atoms in total. The van der Waals surface area contributed by atoms with Crippen LogP contribution in [0.1, 0.15) is 29.9 Å². The Morgan fingerprint density at radius 3 is 2.70 bits per heavy atom. The zero-order valence-corrected chi connectivity index (χ0v) is 13.0. The SMILES string of the molecule is CCC(N)C(Oc1ccc(F)c(Cl)c1)c1sccc1C. The molecule has 0 saturated heterocycles. The maximum atomic E-state index is 13.2. The van der Waals surface area contributed by atoms with E-state index in [0.29, 0.717) is 5.75 Å². The topological polar surface area (TPSA) is 35.2 Å². The van der Waals surface area contributed by atoms with Crippen LogP contribution in [0.3, 0.4) is 0 Å². The number of hydrogen-bond acceptors (Lipinski definition) is 3. The average Bonchev–Trinajstić information content (AvgIpc) is 2.85. The monoisotopic (exact) mass is 313 g/mol. The molecule has 2 atom stereocenters. The number of nitrogens with two attached hydrogens (primary N) is 1. The molecule has 2 N–H and O–H groups in total. The van der Waals surface area contributed by atoms with Gasteiger partial charge in [0, 0.05) is 17.0 Å². The highest BCUT2D eigenvalue weighted by Gasteiger charge is 2.23. The fourth-order valence-electron chi connectivity index (χ4n) is 1.92. The first-order chi connectivity index (χ1) is 9.52. The van der Waals surface area contributed by atoms with Crippen molar-refractivity contribution in [2.24, 2.45) is 5.73 Å². The van der Waals surface area contributed by atoms with Gasteiger partial charge in [-0.1, -0.05) is 18.5 Å². The highest BCUT2D eigenvalue weighted by molar-refractivity contribution is 7.10. The fraction of sp³-hybridized carbons (Fsp3) is 0.333. The van der Waals surface area contributed by atoms with Crippen LogP contribution in [0.2, 0.25) is 5.02 Å². The summed E-state index contributed by atoms with van der Waals surface area (Å²) in [5.41, 5.74) is 7.32. The Morgan fingerprint density at radius 1 is 1.40 bits per heavy atom. The van der Waals surface area contributed by atoms with E-state index < -0.39 is 5.82 Å². The van der Waals surface area contributed by atoms with E-state index in [-0.39, 0.29) is 17.2 Å². The molecule has 0 spiro atoms. The maximum Gasteiger partial charge on any atom is 0.148 e. The standard InChI is InChI=1S/C15H17ClFNOS/c1-3-13(18)14(15-9(2)6-7-20-15)19-10-4-5-12(17)11(16)8-10/h4-8,13-14H,3,18H2,1-2H3. The van der Waals surface area contributed by atoms with Gasteiger partial charge >= 0.3 is 0 Å². The molecule has 1 heterocycles. The van der Waals surface area contributed by atoms with Crippen LogP contribution in [-0.2, 0) is 0 Å². The van der Waals surface area contributed by atoms with Crippen molar-refractivity contribution < 1.29 is 9.13 Å². The van der Waals surface area contributed by atoms with Crippen molar-refractivity contribution in [3.63, 3.8) is 0 Å². The van der Waals surface area contributed by atoms with Gasteiger partial charge in [-0.05, 0) is 42.5 Å². The Labute approximate surface area is 127 Å². The first-order valence-corrected chi connectivity index (χ1v) is 7.70. The Bertz CT molecular complexity index is 587. The predicted octanol–water partition coefficient (Wildman–Crippen LogP) is 4.71. The van der Waals surface area contributed by atoms with Gasteiger partial charge in [0.25, 0.3) is 0 Å². The summed E-state index contributed by atoms with van der Waals surface area (Å²) < 4.78 is 19.2. The van der Waals surface area contributed by atoms with E-state index in [9.17, 15) is 4.39 Å². The molecule has 0 aliphatic rings. The van der Waals surface area contributed by atoms with Crippen molar-refractivity contribution in [2.75, 3.05) is 0 Å². The Morgan fingerprint density at radius 2 is 2.15 bits per heavy atom. The van der Waals surface area contributed by atoms with Crippen molar-refractivity contribution in [2.45, 2.75) is 32.4 Å². The molecule has 1 aromatic carbocycles. The first kappa shape index (κ1) is 15.3. The zero-order chi connectivity index (χ0) is 14.7. The second-order valence-corrected chi connectivity index (χ2v) is 6.01. The molecule has 0 aliphatic carbocycles. The molecule has 0 radical (unpaired) electrons. The lowest BCUT2D eigenvalue weighted by Gasteiger charge is -2.24. The molecule has 20 heavy (non-hydrogen) atoms. The molecule has 0 saturated carbocycles. The van der Waals surface area contributed by atoms with E-state index in [0.717, 1.165) is 16.9 Å². The van der Waals surface area contributed by atoms with E-state index in [1.165, 1.54) is 12.1 Å². The van der Waals surface area contributed by atoms with Crippen LogP contribution in [0.25, 0.3) is 0 Å². The number of halogens is 2. The normalized spacial score (nSPS) is 14.1. The number of thiophene rings is 1. The highest BCUT2D eigenvalue weighted by atomic mass is 35.5. The number of benzene rings is 1. The summed E-state index contributed by atoms with van der Waals surface area (Å²) in [4.78, 5) is 1.10. The minimum absolute atomic E-state index is 0.0502. The van der Waals surface area contributed by atoms with Crippen molar-refractivity contribution in [3.8, 4) is 5.75 Å². The lowest BCUT2D eigenvalue weighted by molar-refractivity contribution is 0.174. The van der Waals surface area contributed by atoms with Gasteiger partial charge in [-0.15, -0.1) is 11.3 Å². The molecule has 1 aromatic heterocycles. The summed E-state index contributed by atoms with van der Waals surface area (Å²) in [6, 6.07) is 6.26. The average molecular weight is 314 g/mol. The summed E-state index contributed by atoms with van der Waals surface area (Å²) in [5, 5.41) is 2.07. The number of ether oxygens (including phenoxy) is 1. The molecule has 2 aromatic rings. The van der Waals surface area contributed by atoms with Crippen molar-refractivity contribution >= 4 is 22.9 Å². The van der Waals surface area contributed by atoms with Gasteiger partial charge < -0.3 is 10.5 Å². The van der Waals surface area contributed by atoms with Crippen LogP contribution in [0.15, 0.2) is 29.6 Å². The van der Waals surface area contributed by atoms with Gasteiger partial charge in [0.1, 0.15) is 17.7 Å². The third kappa shape index (κ3) is 3.32. The summed E-state index contributed by atoms with van der Waals surface area (Å²) in [5.74, 6) is 0.0701. The molecular weight excluding hydrogens is 297 g/mol. The quantitative estimate of drug-likeness (QED) is 0.868. The van der Waals surface area contributed by atoms with Crippen LogP contribution in [0.5, 0.6) is 5.75 Å². The third-order valence-corrected chi connectivity index (χ3v) is 4.54. The highest BCUT2D eigenvalue weighted by Crippen LogP contribution is 2.32. The first-order valence-electron chi connectivity index (χ1n) is 6.44. The summed E-state index contributed by atoms with van der Waals surface area (Å²) in [6.45, 7) is 4.05. The molecule has 2 unspecified atom stereocenters. The van der Waals surface area contributed by atoms with Gasteiger partial charge in [0.15, 0.2) is 0 Å². The smallest absolute Gasteiger partial charge is 0.148 e. The zero-order valence-electron chi connectivity index (χ0n) is 11.4. The van der Waals surface area contributed by atoms with Crippen molar-refractivity contribution in [1.29, 1.82) is 0 Å². The molecule has 0 amide bonds. The second-order valence-electron chi connectivity index (χ2n) is 4.65. The van der Waals surface area contributed by atoms with Gasteiger partial charge in [-0.2, -0.15) is 0 Å². The molecule has 2 rings (SSSR count). The van der Waals surface area contributed by atoms with Crippen LogP contribution < -0.4 is 10.5 Å². The van der Waals surface area contributed by atoms with Gasteiger partial charge in [-0.3, -0.25) is 0 Å². The van der Waals surface area contributed by atoms with Gasteiger partial charge in [0.05, 0.1) is 5.02 Å². The number of hydrogen-bond donors (Lipinski definition) is 1. The van der Waals surface area contributed by atoms with E-state index >= 15 is 0 Å². The molecule has 108 valence electrons. The molecular formula is C15H17ClFNOS. The third-order valence-electron chi connectivity index (χ3n) is 3.17. The number of rotatable bonds is 5. The second kappa shape index (κ2) is 6.57. The van der Waals surface area contributed by atoms with Crippen molar-refractivity contribution in [1.82, 2.24) is 0 Å². The molecule has 5 heteroatoms. The largest absolute Gasteiger partial charge is 0.483 e. The van der Waals surface area contributed by atoms with Gasteiger partial charge in [-0.25, -0.2) is 4.39 Å². The molecule has 0 aliphatic heterocycles. The summed E-state index contributed by atoms with van der Waals surface area (Å²) in [7, 11) is 0. The number of aryl methyl sites for hydroxylation is 1. The minimum atomic E-state index is -0.456. The lowest BCUT2D eigenvalue weighted by atomic mass is 10.1. The minimum Gasteiger partial charge on any atom is -0.483 e. The maximum absolute atomic E-state index is 13.2. The fourth-order valence-corrected chi connectivity index (χ4v) is 3.12. The Balaban J connectivity index is 2.28. The van der Waals surface area contributed by atoms with E-state index in [1.54, 1.807) is 17.4 Å². The van der Waals surface area contributed by atoms with Crippen LogP contribution in [-0.4, -0.2) is 6.04 Å². The van der Waals surface area contributed by atoms with Crippen LogP contribution in [0.4, 0.5) is 4.39 Å². The van der Waals surface area contributed by atoms with E-state index in [1.807, 2.05) is 25.3 Å². The lowest BCUT2D eigenvalue weighted by Crippen LogP contribution is -2.31. The van der Waals surface area contributed by atoms with Crippen molar-refractivity contribution in [3.05, 3.63) is 50.9 Å². The Kier molecular flexibility index (Phi) is 5.02. The van der Waals surface area contributed by atoms with Crippen LogP contribution >= 0.6 is 22.9 Å². The van der Waals surface area contributed by atoms with Gasteiger partial charge in [0.2, 0.25) is 0 Å². The van der Waals surface area contributed by atoms with Crippen LogP contribution in [0, 0.1) is 12.7 Å². The van der Waals surface area contributed by atoms with E-state index in [4.69, 9.17) is 22.1 Å². The Hall–Kier alpha value is -1.10. The molecule has 0 bridgehead atoms. The van der Waals surface area contributed by atoms with E-state index in [2.05, 4.69) is 0 Å². The summed E-state index contributed by atoms with van der Waals surface area (Å²) in [6.07, 6.45) is 0.540.